The maximum absolute atomic E-state index is 10.5. The predicted octanol–water partition coefficient (Wildman–Crippen LogP) is 1.85. The molecule has 0 spiro atoms. The fraction of sp³-hybridized carbons (Fsp3) is 0.583. The standard InChI is InChI=1S/C12H17N3O2/c16-12(17)6-5-10-13-8-7-11(15-10)14-9-3-1-2-4-9/h7-9H,1-6H2,(H,16,17)(H,13,14,15). The summed E-state index contributed by atoms with van der Waals surface area (Å²) < 4.78 is 0. The van der Waals surface area contributed by atoms with Gasteiger partial charge in [0.25, 0.3) is 0 Å². The summed E-state index contributed by atoms with van der Waals surface area (Å²) in [5, 5.41) is 12.0. The Labute approximate surface area is 100 Å². The molecule has 2 N–H and O–H groups in total. The lowest BCUT2D eigenvalue weighted by Crippen LogP contribution is -2.16. The number of carbonyl (C=O) groups is 1. The van der Waals surface area contributed by atoms with E-state index >= 15 is 0 Å². The molecule has 0 aromatic carbocycles. The number of anilines is 1. The van der Waals surface area contributed by atoms with Gasteiger partial charge in [-0.05, 0) is 18.9 Å². The van der Waals surface area contributed by atoms with Crippen LogP contribution in [-0.2, 0) is 11.2 Å². The number of hydrogen-bond acceptors (Lipinski definition) is 4. The Morgan fingerprint density at radius 3 is 2.94 bits per heavy atom. The average Bonchev–Trinajstić information content (AvgIpc) is 2.80. The first-order valence-electron chi connectivity index (χ1n) is 6.04. The summed E-state index contributed by atoms with van der Waals surface area (Å²) in [5.74, 6) is 0.588. The molecule has 0 bridgehead atoms. The average molecular weight is 235 g/mol. The van der Waals surface area contributed by atoms with E-state index in [1.807, 2.05) is 6.07 Å². The highest BCUT2D eigenvalue weighted by Crippen LogP contribution is 2.21. The minimum atomic E-state index is -0.817. The first-order valence-corrected chi connectivity index (χ1v) is 6.04. The highest BCUT2D eigenvalue weighted by Gasteiger charge is 2.15. The van der Waals surface area contributed by atoms with Crippen molar-refractivity contribution < 1.29 is 9.90 Å². The zero-order valence-corrected chi connectivity index (χ0v) is 9.72. The molecule has 5 heteroatoms. The molecule has 1 fully saturated rings. The topological polar surface area (TPSA) is 75.1 Å². The van der Waals surface area contributed by atoms with Gasteiger partial charge in [-0.15, -0.1) is 0 Å². The van der Waals surface area contributed by atoms with Crippen LogP contribution in [0.25, 0.3) is 0 Å². The van der Waals surface area contributed by atoms with E-state index in [1.54, 1.807) is 6.20 Å². The van der Waals surface area contributed by atoms with Gasteiger partial charge in [0.1, 0.15) is 11.6 Å². The number of nitrogens with one attached hydrogen (secondary N) is 1. The molecule has 0 unspecified atom stereocenters. The minimum absolute atomic E-state index is 0.0763. The summed E-state index contributed by atoms with van der Waals surface area (Å²) in [7, 11) is 0. The van der Waals surface area contributed by atoms with E-state index in [-0.39, 0.29) is 6.42 Å². The van der Waals surface area contributed by atoms with Crippen LogP contribution >= 0.6 is 0 Å². The predicted molar refractivity (Wildman–Crippen MR) is 63.9 cm³/mol. The van der Waals surface area contributed by atoms with Crippen LogP contribution < -0.4 is 5.32 Å². The number of aryl methyl sites for hydroxylation is 1. The van der Waals surface area contributed by atoms with Crippen LogP contribution in [0.1, 0.15) is 37.9 Å². The number of aliphatic carboxylic acids is 1. The van der Waals surface area contributed by atoms with Crippen LogP contribution in [0.4, 0.5) is 5.82 Å². The van der Waals surface area contributed by atoms with Gasteiger partial charge in [0, 0.05) is 18.7 Å². The first-order chi connectivity index (χ1) is 8.24. The third kappa shape index (κ3) is 3.69. The summed E-state index contributed by atoms with van der Waals surface area (Å²) in [6, 6.07) is 2.35. The largest absolute Gasteiger partial charge is 0.481 e. The van der Waals surface area contributed by atoms with Crippen LogP contribution in [0.15, 0.2) is 12.3 Å². The Morgan fingerprint density at radius 2 is 2.24 bits per heavy atom. The minimum Gasteiger partial charge on any atom is -0.481 e. The fourth-order valence-electron chi connectivity index (χ4n) is 2.10. The maximum Gasteiger partial charge on any atom is 0.303 e. The third-order valence-electron chi connectivity index (χ3n) is 2.98. The second-order valence-electron chi connectivity index (χ2n) is 4.38. The van der Waals surface area contributed by atoms with Gasteiger partial charge in [0.15, 0.2) is 0 Å². The van der Waals surface area contributed by atoms with Gasteiger partial charge >= 0.3 is 5.97 Å². The van der Waals surface area contributed by atoms with E-state index in [1.165, 1.54) is 25.7 Å². The van der Waals surface area contributed by atoms with Gasteiger partial charge in [0.05, 0.1) is 6.42 Å². The van der Waals surface area contributed by atoms with Crippen molar-refractivity contribution in [2.24, 2.45) is 0 Å². The normalized spacial score (nSPS) is 16.0. The van der Waals surface area contributed by atoms with Gasteiger partial charge in [-0.3, -0.25) is 4.79 Å². The second kappa shape index (κ2) is 5.61. The van der Waals surface area contributed by atoms with Crippen molar-refractivity contribution in [2.75, 3.05) is 5.32 Å². The Balaban J connectivity index is 1.93. The van der Waals surface area contributed by atoms with Gasteiger partial charge < -0.3 is 10.4 Å². The zero-order valence-electron chi connectivity index (χ0n) is 9.72. The van der Waals surface area contributed by atoms with E-state index in [2.05, 4.69) is 15.3 Å². The number of rotatable bonds is 5. The Kier molecular flexibility index (Phi) is 3.90. The molecule has 1 aromatic heterocycles. The highest BCUT2D eigenvalue weighted by atomic mass is 16.4. The molecule has 0 radical (unpaired) electrons. The first kappa shape index (κ1) is 11.8. The van der Waals surface area contributed by atoms with Crippen LogP contribution in [-0.4, -0.2) is 27.1 Å². The van der Waals surface area contributed by atoms with Crippen LogP contribution in [0.3, 0.4) is 0 Å². The van der Waals surface area contributed by atoms with Crippen molar-refractivity contribution in [3.05, 3.63) is 18.1 Å². The molecule has 0 saturated heterocycles. The Hall–Kier alpha value is -1.65. The molecule has 0 aliphatic heterocycles. The Morgan fingerprint density at radius 1 is 1.47 bits per heavy atom. The molecule has 1 aromatic rings. The molecule has 17 heavy (non-hydrogen) atoms. The van der Waals surface area contributed by atoms with Crippen molar-refractivity contribution in [1.82, 2.24) is 9.97 Å². The molecule has 0 atom stereocenters. The number of aromatic nitrogens is 2. The van der Waals surface area contributed by atoms with Crippen molar-refractivity contribution in [3.63, 3.8) is 0 Å². The zero-order chi connectivity index (χ0) is 12.1. The van der Waals surface area contributed by atoms with Gasteiger partial charge in [-0.25, -0.2) is 9.97 Å². The summed E-state index contributed by atoms with van der Waals surface area (Å²) in [5.41, 5.74) is 0. The van der Waals surface area contributed by atoms with Crippen LogP contribution in [0.5, 0.6) is 0 Å². The van der Waals surface area contributed by atoms with E-state index in [4.69, 9.17) is 5.11 Å². The van der Waals surface area contributed by atoms with Crippen molar-refractivity contribution in [1.29, 1.82) is 0 Å². The lowest BCUT2D eigenvalue weighted by atomic mass is 10.2. The summed E-state index contributed by atoms with van der Waals surface area (Å²) >= 11 is 0. The molecule has 0 amide bonds. The maximum atomic E-state index is 10.5. The summed E-state index contributed by atoms with van der Waals surface area (Å²) in [4.78, 5) is 18.9. The van der Waals surface area contributed by atoms with E-state index < -0.39 is 5.97 Å². The number of carboxylic acids is 1. The molecule has 1 aliphatic carbocycles. The van der Waals surface area contributed by atoms with Gasteiger partial charge in [-0.1, -0.05) is 12.8 Å². The SMILES string of the molecule is O=C(O)CCc1nccc(NC2CCCC2)n1. The molecule has 5 nitrogen and oxygen atoms in total. The second-order valence-corrected chi connectivity index (χ2v) is 4.38. The summed E-state index contributed by atoms with van der Waals surface area (Å²) in [6.45, 7) is 0. The van der Waals surface area contributed by atoms with Crippen LogP contribution in [0, 0.1) is 0 Å². The monoisotopic (exact) mass is 235 g/mol. The molecule has 1 saturated carbocycles. The molecule has 92 valence electrons. The third-order valence-corrected chi connectivity index (χ3v) is 2.98. The lowest BCUT2D eigenvalue weighted by Gasteiger charge is -2.12. The van der Waals surface area contributed by atoms with E-state index in [9.17, 15) is 4.79 Å². The summed E-state index contributed by atoms with van der Waals surface area (Å²) in [6.07, 6.45) is 7.07. The smallest absolute Gasteiger partial charge is 0.303 e. The van der Waals surface area contributed by atoms with Crippen molar-refractivity contribution in [3.8, 4) is 0 Å². The number of nitrogens with zero attached hydrogens (tertiary/aromatic N) is 2. The molecular formula is C12H17N3O2. The van der Waals surface area contributed by atoms with Crippen molar-refractivity contribution >= 4 is 11.8 Å². The van der Waals surface area contributed by atoms with Crippen molar-refractivity contribution in [2.45, 2.75) is 44.6 Å². The fourth-order valence-corrected chi connectivity index (χ4v) is 2.10. The van der Waals surface area contributed by atoms with E-state index in [0.29, 0.717) is 18.3 Å². The highest BCUT2D eigenvalue weighted by molar-refractivity contribution is 5.66. The molecule has 2 rings (SSSR count). The quantitative estimate of drug-likeness (QED) is 0.814. The number of hydrogen-bond donors (Lipinski definition) is 2. The Bertz CT molecular complexity index is 389. The lowest BCUT2D eigenvalue weighted by molar-refractivity contribution is -0.137. The van der Waals surface area contributed by atoms with Crippen LogP contribution in [0.2, 0.25) is 0 Å². The number of carboxylic acid groups (broad SMARTS) is 1. The molecular weight excluding hydrogens is 218 g/mol. The van der Waals surface area contributed by atoms with Gasteiger partial charge in [-0.2, -0.15) is 0 Å². The molecule has 1 heterocycles. The van der Waals surface area contributed by atoms with E-state index in [0.717, 1.165) is 5.82 Å². The molecule has 1 aliphatic rings. The van der Waals surface area contributed by atoms with Gasteiger partial charge in [0.2, 0.25) is 0 Å².